The smallest absolute Gasteiger partial charge is 0.339 e. The number of methoxy groups -OCH3 is 1. The lowest BCUT2D eigenvalue weighted by atomic mass is 10.2. The van der Waals surface area contributed by atoms with E-state index in [2.05, 4.69) is 10.5 Å². The number of amides is 1. The van der Waals surface area contributed by atoms with Gasteiger partial charge in [-0.25, -0.2) is 5.43 Å². The van der Waals surface area contributed by atoms with Crippen molar-refractivity contribution in [2.45, 2.75) is 4.90 Å². The average Bonchev–Trinajstić information content (AvgIpc) is 2.84. The quantitative estimate of drug-likeness (QED) is 0.200. The molecule has 180 valence electrons. The van der Waals surface area contributed by atoms with E-state index in [0.29, 0.717) is 5.56 Å². The Bertz CT molecular complexity index is 1420. The van der Waals surface area contributed by atoms with Crippen LogP contribution in [0.3, 0.4) is 0 Å². The van der Waals surface area contributed by atoms with Crippen molar-refractivity contribution < 1.29 is 32.0 Å². The molecule has 0 saturated heterocycles. The van der Waals surface area contributed by atoms with Gasteiger partial charge in [0.1, 0.15) is 10.5 Å². The van der Waals surface area contributed by atoms with Crippen molar-refractivity contribution in [3.8, 4) is 11.5 Å². The number of nitro benzene ring substituents is 2. The molecule has 0 aliphatic carbocycles. The maximum Gasteiger partial charge on any atom is 0.339 e. The summed E-state index contributed by atoms with van der Waals surface area (Å²) in [5.74, 6) is -0.939. The average molecular weight is 500 g/mol. The Morgan fingerprint density at radius 1 is 0.971 bits per heavy atom. The van der Waals surface area contributed by atoms with E-state index in [1.165, 1.54) is 55.8 Å². The largest absolute Gasteiger partial charge is 0.493 e. The Kier molecular flexibility index (Phi) is 7.36. The molecule has 0 fully saturated rings. The molecule has 14 heteroatoms. The maximum atomic E-state index is 12.5. The van der Waals surface area contributed by atoms with Crippen LogP contribution < -0.4 is 14.3 Å². The molecule has 0 bridgehead atoms. The van der Waals surface area contributed by atoms with E-state index < -0.39 is 25.9 Å². The van der Waals surface area contributed by atoms with Crippen LogP contribution >= 0.6 is 0 Å². The first-order valence-electron chi connectivity index (χ1n) is 9.56. The Hall–Kier alpha value is -4.85. The molecule has 3 rings (SSSR count). The van der Waals surface area contributed by atoms with Crippen molar-refractivity contribution in [2.24, 2.45) is 5.10 Å². The second-order valence-electron chi connectivity index (χ2n) is 6.67. The van der Waals surface area contributed by atoms with Crippen LogP contribution in [-0.4, -0.2) is 37.5 Å². The van der Waals surface area contributed by atoms with Gasteiger partial charge >= 0.3 is 10.1 Å². The molecule has 35 heavy (non-hydrogen) atoms. The van der Waals surface area contributed by atoms with Gasteiger partial charge < -0.3 is 8.92 Å². The molecule has 0 aromatic heterocycles. The van der Waals surface area contributed by atoms with E-state index >= 15 is 0 Å². The van der Waals surface area contributed by atoms with Gasteiger partial charge in [-0.3, -0.25) is 25.0 Å². The standard InChI is InChI=1S/C21H16N4O9S/c1-33-20-12-14(13-22-23-21(26)17-4-2-3-5-18(17)25(29)30)6-11-19(20)34-35(31,32)16-9-7-15(8-10-16)24(27)28/h2-13H,1H3,(H,23,26)/b22-13-. The van der Waals surface area contributed by atoms with Gasteiger partial charge in [0.05, 0.1) is 23.2 Å². The van der Waals surface area contributed by atoms with Crippen LogP contribution in [0.1, 0.15) is 15.9 Å². The molecular formula is C21H16N4O9S. The molecule has 0 heterocycles. The summed E-state index contributed by atoms with van der Waals surface area (Å²) in [4.78, 5) is 32.4. The maximum absolute atomic E-state index is 12.5. The van der Waals surface area contributed by atoms with Crippen molar-refractivity contribution in [2.75, 3.05) is 7.11 Å². The van der Waals surface area contributed by atoms with E-state index in [-0.39, 0.29) is 33.3 Å². The van der Waals surface area contributed by atoms with Crippen molar-refractivity contribution in [3.63, 3.8) is 0 Å². The molecule has 0 saturated carbocycles. The predicted octanol–water partition coefficient (Wildman–Crippen LogP) is 3.04. The van der Waals surface area contributed by atoms with Crippen LogP contribution in [0.25, 0.3) is 0 Å². The summed E-state index contributed by atoms with van der Waals surface area (Å²) >= 11 is 0. The van der Waals surface area contributed by atoms with Crippen LogP contribution in [0.4, 0.5) is 11.4 Å². The minimum absolute atomic E-state index is 0.0180. The van der Waals surface area contributed by atoms with E-state index in [1.807, 2.05) is 0 Å². The Balaban J connectivity index is 1.74. The minimum Gasteiger partial charge on any atom is -0.493 e. The molecule has 1 N–H and O–H groups in total. The number of rotatable bonds is 9. The fourth-order valence-electron chi connectivity index (χ4n) is 2.78. The molecule has 13 nitrogen and oxygen atoms in total. The first-order valence-corrected chi connectivity index (χ1v) is 11.0. The summed E-state index contributed by atoms with van der Waals surface area (Å²) in [6.07, 6.45) is 1.21. The zero-order valence-electron chi connectivity index (χ0n) is 17.9. The second kappa shape index (κ2) is 10.4. The fraction of sp³-hybridized carbons (Fsp3) is 0.0476. The van der Waals surface area contributed by atoms with Gasteiger partial charge in [-0.2, -0.15) is 13.5 Å². The molecule has 0 aliphatic heterocycles. The normalized spacial score (nSPS) is 11.1. The highest BCUT2D eigenvalue weighted by Gasteiger charge is 2.21. The van der Waals surface area contributed by atoms with Gasteiger partial charge in [0.15, 0.2) is 11.5 Å². The number of hydrogen-bond acceptors (Lipinski definition) is 10. The van der Waals surface area contributed by atoms with E-state index in [4.69, 9.17) is 8.92 Å². The molecule has 0 radical (unpaired) electrons. The highest BCUT2D eigenvalue weighted by Crippen LogP contribution is 2.31. The second-order valence-corrected chi connectivity index (χ2v) is 8.22. The molecule has 1 amide bonds. The third-order valence-electron chi connectivity index (χ3n) is 4.45. The Morgan fingerprint density at radius 2 is 1.66 bits per heavy atom. The van der Waals surface area contributed by atoms with Gasteiger partial charge in [0.2, 0.25) is 0 Å². The lowest BCUT2D eigenvalue weighted by molar-refractivity contribution is -0.385. The van der Waals surface area contributed by atoms with Crippen molar-refractivity contribution in [3.05, 3.63) is 98.1 Å². The summed E-state index contributed by atoms with van der Waals surface area (Å²) in [5, 5.41) is 25.5. The molecule has 0 atom stereocenters. The number of nitro groups is 2. The third-order valence-corrected chi connectivity index (χ3v) is 5.70. The van der Waals surface area contributed by atoms with Crippen molar-refractivity contribution in [1.82, 2.24) is 5.43 Å². The fourth-order valence-corrected chi connectivity index (χ4v) is 3.72. The molecule has 0 spiro atoms. The molecular weight excluding hydrogens is 484 g/mol. The van der Waals surface area contributed by atoms with E-state index in [1.54, 1.807) is 0 Å². The third kappa shape index (κ3) is 5.94. The van der Waals surface area contributed by atoms with E-state index in [0.717, 1.165) is 24.3 Å². The number of hydrogen-bond donors (Lipinski definition) is 1. The predicted molar refractivity (Wildman–Crippen MR) is 122 cm³/mol. The van der Waals surface area contributed by atoms with Crippen LogP contribution in [-0.2, 0) is 10.1 Å². The van der Waals surface area contributed by atoms with Crippen LogP contribution in [0, 0.1) is 20.2 Å². The summed E-state index contributed by atoms with van der Waals surface area (Å²) in [5.41, 5.74) is 1.73. The molecule has 0 unspecified atom stereocenters. The lowest BCUT2D eigenvalue weighted by Crippen LogP contribution is -2.18. The van der Waals surface area contributed by atoms with Gasteiger partial charge in [0.25, 0.3) is 17.3 Å². The van der Waals surface area contributed by atoms with Crippen molar-refractivity contribution in [1.29, 1.82) is 0 Å². The number of nitrogens with zero attached hydrogens (tertiary/aromatic N) is 3. The Morgan fingerprint density at radius 3 is 2.29 bits per heavy atom. The summed E-state index contributed by atoms with van der Waals surface area (Å²) in [6.45, 7) is 0. The number of carbonyl (C=O) groups is 1. The topological polar surface area (TPSA) is 180 Å². The number of nitrogens with one attached hydrogen (secondary N) is 1. The van der Waals surface area contributed by atoms with Crippen LogP contribution in [0.2, 0.25) is 0 Å². The number of non-ortho nitro benzene ring substituents is 1. The van der Waals surface area contributed by atoms with Crippen LogP contribution in [0.15, 0.2) is 76.7 Å². The summed E-state index contributed by atoms with van der Waals surface area (Å²) in [6, 6.07) is 13.6. The minimum atomic E-state index is -4.32. The van der Waals surface area contributed by atoms with Gasteiger partial charge in [-0.05, 0) is 42.0 Å². The monoisotopic (exact) mass is 500 g/mol. The number of hydrazone groups is 1. The number of carbonyl (C=O) groups excluding carboxylic acids is 1. The molecule has 3 aromatic carbocycles. The van der Waals surface area contributed by atoms with Gasteiger partial charge in [-0.1, -0.05) is 12.1 Å². The summed E-state index contributed by atoms with van der Waals surface area (Å²) in [7, 11) is -3.04. The van der Waals surface area contributed by atoms with E-state index in [9.17, 15) is 33.4 Å². The van der Waals surface area contributed by atoms with Gasteiger partial charge in [0, 0.05) is 18.2 Å². The first kappa shape index (κ1) is 24.8. The number of benzene rings is 3. The highest BCUT2D eigenvalue weighted by atomic mass is 32.2. The highest BCUT2D eigenvalue weighted by molar-refractivity contribution is 7.87. The lowest BCUT2D eigenvalue weighted by Gasteiger charge is -2.11. The zero-order valence-corrected chi connectivity index (χ0v) is 18.7. The SMILES string of the molecule is COc1cc(/C=N\NC(=O)c2ccccc2[N+](=O)[O-])ccc1OS(=O)(=O)c1ccc([N+](=O)[O-])cc1. The zero-order chi connectivity index (χ0) is 25.6. The number of ether oxygens (including phenoxy) is 1. The molecule has 0 aliphatic rings. The Labute approximate surface area is 198 Å². The molecule has 3 aromatic rings. The first-order chi connectivity index (χ1) is 16.6. The van der Waals surface area contributed by atoms with Crippen LogP contribution in [0.5, 0.6) is 11.5 Å². The summed E-state index contributed by atoms with van der Waals surface area (Å²) < 4.78 is 35.3. The van der Waals surface area contributed by atoms with Crippen molar-refractivity contribution >= 4 is 33.6 Å². The van der Waals surface area contributed by atoms with Gasteiger partial charge in [-0.15, -0.1) is 0 Å². The number of para-hydroxylation sites is 1.